The van der Waals surface area contributed by atoms with Gasteiger partial charge >= 0.3 is 5.97 Å². The van der Waals surface area contributed by atoms with Gasteiger partial charge in [-0.15, -0.1) is 0 Å². The first-order valence-electron chi connectivity index (χ1n) is 14.8. The monoisotopic (exact) mass is 572 g/mol. The first kappa shape index (κ1) is 35.1. The molecule has 0 bridgehead atoms. The summed E-state index contributed by atoms with van der Waals surface area (Å²) in [5.74, 6) is -2.15. The van der Waals surface area contributed by atoms with Crippen molar-refractivity contribution in [3.05, 3.63) is 11.6 Å². The molecule has 2 aliphatic heterocycles. The van der Waals surface area contributed by atoms with E-state index in [9.17, 15) is 25.2 Å². The van der Waals surface area contributed by atoms with Gasteiger partial charge < -0.3 is 44.4 Å². The normalized spacial score (nSPS) is 46.7. The van der Waals surface area contributed by atoms with Crippen molar-refractivity contribution in [2.24, 2.45) is 17.8 Å². The molecule has 10 heteroatoms. The molecule has 234 valence electrons. The molecule has 0 spiro atoms. The highest BCUT2D eigenvalue weighted by Crippen LogP contribution is 2.33. The molecular formula is C30H56N2O8. The zero-order chi connectivity index (χ0) is 30.7. The van der Waals surface area contributed by atoms with Crippen molar-refractivity contribution < 1.29 is 39.4 Å². The third-order valence-corrected chi connectivity index (χ3v) is 9.06. The standard InChI is InChI=1S/C30H56N2O8/c1-12-23-30(8,37)27(35)21(7)32(11)15-16(2)13-17(3)26(19(5)24(33)20(6)28(36)39-23)40-29-25(34)22(31(9)10)14-18(4)38-29/h13,16,18-27,29,33-35,37H,12,14-15H2,1-11H3/b17-13+/t16-,18-,19+,20-,21-,22+,23-,24+,25-,26+,27-,29+,30-/m1/s1. The smallest absolute Gasteiger partial charge is 0.311 e. The summed E-state index contributed by atoms with van der Waals surface area (Å²) < 4.78 is 18.2. The lowest BCUT2D eigenvalue weighted by molar-refractivity contribution is -0.271. The highest BCUT2D eigenvalue weighted by atomic mass is 16.7. The number of ether oxygens (including phenoxy) is 3. The van der Waals surface area contributed by atoms with E-state index in [1.165, 1.54) is 6.92 Å². The SMILES string of the molecule is CC[C@H]1OC(=O)[C@H](C)[C@@H](O)[C@H](C)[C@@H](O[C@@H]2O[C@H](C)C[C@H](N(C)C)[C@H]2O)/C(C)=C/[C@@H](C)CN(C)[C@H](C)[C@@H](O)[C@]1(C)O. The molecule has 1 fully saturated rings. The minimum atomic E-state index is -1.71. The number of carbonyl (C=O) groups is 1. The average molecular weight is 573 g/mol. The molecule has 0 aromatic rings. The van der Waals surface area contributed by atoms with Gasteiger partial charge in [0.05, 0.1) is 24.2 Å². The van der Waals surface area contributed by atoms with Gasteiger partial charge in [-0.25, -0.2) is 0 Å². The van der Waals surface area contributed by atoms with Crippen LogP contribution in [0.15, 0.2) is 11.6 Å². The van der Waals surface area contributed by atoms with Crippen LogP contribution in [0.2, 0.25) is 0 Å². The van der Waals surface area contributed by atoms with E-state index in [1.54, 1.807) is 13.8 Å². The number of aliphatic hydroxyl groups is 4. The number of hydrogen-bond donors (Lipinski definition) is 4. The lowest BCUT2D eigenvalue weighted by atomic mass is 9.85. The van der Waals surface area contributed by atoms with Crippen LogP contribution in [0.1, 0.15) is 68.2 Å². The van der Waals surface area contributed by atoms with Crippen LogP contribution in [0.5, 0.6) is 0 Å². The number of esters is 1. The van der Waals surface area contributed by atoms with Crippen molar-refractivity contribution in [3.63, 3.8) is 0 Å². The molecule has 0 aromatic carbocycles. The molecule has 1 saturated heterocycles. The first-order valence-corrected chi connectivity index (χ1v) is 14.8. The molecule has 0 aromatic heterocycles. The Morgan fingerprint density at radius 1 is 1.12 bits per heavy atom. The predicted octanol–water partition coefficient (Wildman–Crippen LogP) is 1.78. The maximum atomic E-state index is 13.2. The summed E-state index contributed by atoms with van der Waals surface area (Å²) in [6.45, 7) is 15.0. The zero-order valence-electron chi connectivity index (χ0n) is 26.4. The van der Waals surface area contributed by atoms with Crippen LogP contribution in [0.25, 0.3) is 0 Å². The largest absolute Gasteiger partial charge is 0.459 e. The Morgan fingerprint density at radius 3 is 2.27 bits per heavy atom. The fourth-order valence-corrected chi connectivity index (χ4v) is 6.22. The Kier molecular flexibility index (Phi) is 12.6. The number of hydrogen-bond acceptors (Lipinski definition) is 10. The fourth-order valence-electron chi connectivity index (χ4n) is 6.22. The fraction of sp³-hybridized carbons (Fsp3) is 0.900. The van der Waals surface area contributed by atoms with E-state index in [4.69, 9.17) is 14.2 Å². The summed E-state index contributed by atoms with van der Waals surface area (Å²) in [5.41, 5.74) is -0.867. The van der Waals surface area contributed by atoms with E-state index in [-0.39, 0.29) is 24.5 Å². The Morgan fingerprint density at radius 2 is 1.73 bits per heavy atom. The molecule has 2 aliphatic rings. The van der Waals surface area contributed by atoms with Gasteiger partial charge in [0.2, 0.25) is 0 Å². The van der Waals surface area contributed by atoms with Crippen LogP contribution >= 0.6 is 0 Å². The number of aliphatic hydroxyl groups excluding tert-OH is 3. The number of carbonyl (C=O) groups excluding carboxylic acids is 1. The van der Waals surface area contributed by atoms with Crippen LogP contribution in [0.4, 0.5) is 0 Å². The van der Waals surface area contributed by atoms with E-state index in [0.29, 0.717) is 13.0 Å². The summed E-state index contributed by atoms with van der Waals surface area (Å²) >= 11 is 0. The summed E-state index contributed by atoms with van der Waals surface area (Å²) in [6.07, 6.45) is -2.94. The van der Waals surface area contributed by atoms with Crippen molar-refractivity contribution >= 4 is 5.97 Å². The lowest BCUT2D eigenvalue weighted by Crippen LogP contribution is -2.59. The van der Waals surface area contributed by atoms with E-state index < -0.39 is 66.3 Å². The summed E-state index contributed by atoms with van der Waals surface area (Å²) in [4.78, 5) is 17.2. The van der Waals surface area contributed by atoms with Crippen molar-refractivity contribution in [3.8, 4) is 0 Å². The summed E-state index contributed by atoms with van der Waals surface area (Å²) in [5, 5.41) is 45.0. The first-order chi connectivity index (χ1) is 18.4. The zero-order valence-corrected chi connectivity index (χ0v) is 26.4. The molecule has 0 saturated carbocycles. The van der Waals surface area contributed by atoms with Crippen molar-refractivity contribution in [1.29, 1.82) is 0 Å². The van der Waals surface area contributed by atoms with Crippen LogP contribution in [-0.4, -0.2) is 124 Å². The van der Waals surface area contributed by atoms with Crippen molar-refractivity contribution in [2.45, 2.75) is 129 Å². The second-order valence-electron chi connectivity index (χ2n) is 12.8. The number of cyclic esters (lactones) is 1. The third-order valence-electron chi connectivity index (χ3n) is 9.06. The van der Waals surface area contributed by atoms with Crippen molar-refractivity contribution in [1.82, 2.24) is 9.80 Å². The topological polar surface area (TPSA) is 132 Å². The molecule has 0 amide bonds. The predicted molar refractivity (Wildman–Crippen MR) is 153 cm³/mol. The van der Waals surface area contributed by atoms with Gasteiger partial charge in [-0.3, -0.25) is 4.79 Å². The minimum absolute atomic E-state index is 0.0214. The van der Waals surface area contributed by atoms with Crippen molar-refractivity contribution in [2.75, 3.05) is 27.7 Å². The van der Waals surface area contributed by atoms with Gasteiger partial charge in [0.15, 0.2) is 6.29 Å². The molecule has 0 radical (unpaired) electrons. The van der Waals surface area contributed by atoms with Gasteiger partial charge in [0, 0.05) is 24.5 Å². The second kappa shape index (κ2) is 14.4. The third kappa shape index (κ3) is 8.04. The van der Waals surface area contributed by atoms with Gasteiger partial charge in [-0.1, -0.05) is 26.8 Å². The van der Waals surface area contributed by atoms with E-state index in [0.717, 1.165) is 5.57 Å². The van der Waals surface area contributed by atoms with Crippen LogP contribution in [-0.2, 0) is 19.0 Å². The molecule has 2 heterocycles. The molecular weight excluding hydrogens is 516 g/mol. The van der Waals surface area contributed by atoms with Crippen LogP contribution in [0.3, 0.4) is 0 Å². The second-order valence-corrected chi connectivity index (χ2v) is 12.8. The molecule has 0 aliphatic carbocycles. The molecule has 13 atom stereocenters. The van der Waals surface area contributed by atoms with E-state index in [2.05, 4.69) is 6.08 Å². The lowest BCUT2D eigenvalue weighted by Gasteiger charge is -2.43. The average Bonchev–Trinajstić information content (AvgIpc) is 2.88. The molecule has 10 nitrogen and oxygen atoms in total. The quantitative estimate of drug-likeness (QED) is 0.292. The number of rotatable bonds is 4. The minimum Gasteiger partial charge on any atom is -0.459 e. The molecule has 40 heavy (non-hydrogen) atoms. The van der Waals surface area contributed by atoms with Gasteiger partial charge in [-0.05, 0) is 80.1 Å². The number of likely N-dealkylation sites (N-methyl/N-ethyl adjacent to an activating group) is 2. The highest BCUT2D eigenvalue weighted by molar-refractivity contribution is 5.73. The van der Waals surface area contributed by atoms with Crippen LogP contribution in [0, 0.1) is 17.8 Å². The Balaban J connectivity index is 2.51. The Hall–Kier alpha value is -1.11. The Labute approximate surface area is 241 Å². The van der Waals surface area contributed by atoms with E-state index in [1.807, 2.05) is 65.6 Å². The van der Waals surface area contributed by atoms with E-state index >= 15 is 0 Å². The Bertz CT molecular complexity index is 852. The van der Waals surface area contributed by atoms with Gasteiger partial charge in [-0.2, -0.15) is 0 Å². The molecule has 0 unspecified atom stereocenters. The van der Waals surface area contributed by atoms with Gasteiger partial charge in [0.25, 0.3) is 0 Å². The molecule has 4 N–H and O–H groups in total. The maximum absolute atomic E-state index is 13.2. The number of nitrogens with zero attached hydrogens (tertiary/aromatic N) is 2. The summed E-state index contributed by atoms with van der Waals surface area (Å²) in [7, 11) is 5.70. The summed E-state index contributed by atoms with van der Waals surface area (Å²) in [6, 6.07) is -0.595. The molecule has 2 rings (SSSR count). The highest BCUT2D eigenvalue weighted by Gasteiger charge is 2.46. The maximum Gasteiger partial charge on any atom is 0.311 e. The van der Waals surface area contributed by atoms with Gasteiger partial charge in [0.1, 0.15) is 23.9 Å². The van der Waals surface area contributed by atoms with Crippen LogP contribution < -0.4 is 0 Å².